The van der Waals surface area contributed by atoms with Gasteiger partial charge >= 0.3 is 0 Å². The molecule has 1 saturated heterocycles. The lowest BCUT2D eigenvalue weighted by Gasteiger charge is -2.34. The summed E-state index contributed by atoms with van der Waals surface area (Å²) in [6.07, 6.45) is 0.370. The zero-order valence-electron chi connectivity index (χ0n) is 10.7. The first-order chi connectivity index (χ1) is 8.30. The topological polar surface area (TPSA) is 46.2 Å². The van der Waals surface area contributed by atoms with Crippen molar-refractivity contribution in [3.8, 4) is 0 Å². The summed E-state index contributed by atoms with van der Waals surface area (Å²) in [4.78, 5) is 24.3. The SMILES string of the molecule is Cc1ccc(Br)cc1C1C(=O)CC(C)(C)NC1=O. The van der Waals surface area contributed by atoms with Gasteiger partial charge in [-0.25, -0.2) is 0 Å². The molecular formula is C14H16BrNO2. The maximum absolute atomic E-state index is 12.2. The van der Waals surface area contributed by atoms with Crippen molar-refractivity contribution in [3.05, 3.63) is 33.8 Å². The van der Waals surface area contributed by atoms with E-state index in [1.54, 1.807) is 0 Å². The van der Waals surface area contributed by atoms with E-state index in [2.05, 4.69) is 21.2 Å². The van der Waals surface area contributed by atoms with Crippen LogP contribution in [-0.4, -0.2) is 17.2 Å². The molecule has 0 aliphatic carbocycles. The van der Waals surface area contributed by atoms with E-state index in [4.69, 9.17) is 0 Å². The fourth-order valence-electron chi connectivity index (χ4n) is 2.37. The van der Waals surface area contributed by atoms with E-state index in [1.165, 1.54) is 0 Å². The molecule has 1 heterocycles. The number of aryl methyl sites for hydroxylation is 1. The summed E-state index contributed by atoms with van der Waals surface area (Å²) in [5, 5.41) is 2.91. The predicted molar refractivity (Wildman–Crippen MR) is 73.5 cm³/mol. The van der Waals surface area contributed by atoms with Crippen LogP contribution in [-0.2, 0) is 9.59 Å². The average Bonchev–Trinajstić information content (AvgIpc) is 2.20. The smallest absolute Gasteiger partial charge is 0.235 e. The summed E-state index contributed by atoms with van der Waals surface area (Å²) >= 11 is 3.38. The van der Waals surface area contributed by atoms with Crippen LogP contribution in [0, 0.1) is 6.92 Å². The van der Waals surface area contributed by atoms with Gasteiger partial charge in [-0.2, -0.15) is 0 Å². The first-order valence-corrected chi connectivity index (χ1v) is 6.70. The fraction of sp³-hybridized carbons (Fsp3) is 0.429. The molecule has 1 aliphatic rings. The second kappa shape index (κ2) is 4.50. The number of nitrogens with one attached hydrogen (secondary N) is 1. The Kier molecular flexibility index (Phi) is 3.32. The van der Waals surface area contributed by atoms with Crippen LogP contribution in [0.1, 0.15) is 37.3 Å². The molecule has 1 unspecified atom stereocenters. The number of hydrogen-bond donors (Lipinski definition) is 1. The van der Waals surface area contributed by atoms with Crippen molar-refractivity contribution in [1.29, 1.82) is 0 Å². The van der Waals surface area contributed by atoms with Crippen molar-refractivity contribution in [2.24, 2.45) is 0 Å². The molecule has 1 aromatic carbocycles. The molecule has 0 bridgehead atoms. The molecular weight excluding hydrogens is 294 g/mol. The average molecular weight is 310 g/mol. The number of carbonyl (C=O) groups excluding carboxylic acids is 2. The number of ketones is 1. The Hall–Kier alpha value is -1.16. The van der Waals surface area contributed by atoms with Crippen LogP contribution in [0.15, 0.2) is 22.7 Å². The van der Waals surface area contributed by atoms with Crippen LogP contribution in [0.4, 0.5) is 0 Å². The molecule has 1 amide bonds. The van der Waals surface area contributed by atoms with Gasteiger partial charge < -0.3 is 5.32 Å². The summed E-state index contributed by atoms with van der Waals surface area (Å²) in [7, 11) is 0. The van der Waals surface area contributed by atoms with Crippen LogP contribution >= 0.6 is 15.9 Å². The van der Waals surface area contributed by atoms with E-state index >= 15 is 0 Å². The molecule has 0 spiro atoms. The van der Waals surface area contributed by atoms with Crippen LogP contribution in [0.3, 0.4) is 0 Å². The predicted octanol–water partition coefficient (Wildman–Crippen LogP) is 2.71. The lowest BCUT2D eigenvalue weighted by Crippen LogP contribution is -2.53. The molecule has 96 valence electrons. The summed E-state index contributed by atoms with van der Waals surface area (Å²) in [5.74, 6) is -0.877. The fourth-order valence-corrected chi connectivity index (χ4v) is 2.75. The van der Waals surface area contributed by atoms with Gasteiger partial charge in [-0.05, 0) is 44.0 Å². The number of amides is 1. The molecule has 0 aromatic heterocycles. The number of Topliss-reactive ketones (excluding diaryl/α,β-unsaturated/α-hetero) is 1. The van der Waals surface area contributed by atoms with Gasteiger partial charge in [0.2, 0.25) is 5.91 Å². The second-order valence-electron chi connectivity index (χ2n) is 5.45. The standard InChI is InChI=1S/C14H16BrNO2/c1-8-4-5-9(15)6-10(8)12-11(17)7-14(2,3)16-13(12)18/h4-6,12H,7H2,1-3H3,(H,16,18). The quantitative estimate of drug-likeness (QED) is 0.811. The Labute approximate surface area is 115 Å². The molecule has 1 aliphatic heterocycles. The highest BCUT2D eigenvalue weighted by Gasteiger charge is 2.40. The molecule has 1 N–H and O–H groups in total. The van der Waals surface area contributed by atoms with Crippen LogP contribution in [0.25, 0.3) is 0 Å². The lowest BCUT2D eigenvalue weighted by atomic mass is 9.80. The number of carbonyl (C=O) groups is 2. The van der Waals surface area contributed by atoms with Crippen molar-refractivity contribution in [2.45, 2.75) is 38.6 Å². The van der Waals surface area contributed by atoms with Gasteiger partial charge in [0.15, 0.2) is 5.78 Å². The van der Waals surface area contributed by atoms with E-state index in [0.717, 1.165) is 15.6 Å². The molecule has 3 nitrogen and oxygen atoms in total. The van der Waals surface area contributed by atoms with Crippen molar-refractivity contribution in [2.75, 3.05) is 0 Å². The Balaban J connectivity index is 2.42. The number of hydrogen-bond acceptors (Lipinski definition) is 2. The largest absolute Gasteiger partial charge is 0.350 e. The highest BCUT2D eigenvalue weighted by Crippen LogP contribution is 2.31. The minimum Gasteiger partial charge on any atom is -0.350 e. The van der Waals surface area contributed by atoms with Gasteiger partial charge in [0.25, 0.3) is 0 Å². The third-order valence-corrected chi connectivity index (χ3v) is 3.71. The van der Waals surface area contributed by atoms with Gasteiger partial charge in [0.05, 0.1) is 0 Å². The summed E-state index contributed by atoms with van der Waals surface area (Å²) in [6.45, 7) is 5.65. The van der Waals surface area contributed by atoms with Gasteiger partial charge in [-0.3, -0.25) is 9.59 Å². The van der Waals surface area contributed by atoms with Gasteiger partial charge in [-0.1, -0.05) is 22.0 Å². The molecule has 2 rings (SSSR count). The second-order valence-corrected chi connectivity index (χ2v) is 6.37. The Morgan fingerprint density at radius 3 is 2.61 bits per heavy atom. The number of rotatable bonds is 1. The number of piperidine rings is 1. The zero-order chi connectivity index (χ0) is 13.5. The number of benzene rings is 1. The highest BCUT2D eigenvalue weighted by molar-refractivity contribution is 9.10. The van der Waals surface area contributed by atoms with E-state index in [0.29, 0.717) is 6.42 Å². The normalized spacial score (nSPS) is 22.8. The molecule has 0 radical (unpaired) electrons. The van der Waals surface area contributed by atoms with Crippen molar-refractivity contribution in [1.82, 2.24) is 5.32 Å². The van der Waals surface area contributed by atoms with E-state index in [-0.39, 0.29) is 11.7 Å². The van der Waals surface area contributed by atoms with E-state index < -0.39 is 11.5 Å². The maximum atomic E-state index is 12.2. The minimum absolute atomic E-state index is 0.00931. The van der Waals surface area contributed by atoms with Gasteiger partial charge in [-0.15, -0.1) is 0 Å². The molecule has 0 saturated carbocycles. The van der Waals surface area contributed by atoms with Crippen molar-refractivity contribution >= 4 is 27.6 Å². The van der Waals surface area contributed by atoms with Crippen molar-refractivity contribution < 1.29 is 9.59 Å². The molecule has 1 atom stereocenters. The Morgan fingerprint density at radius 1 is 1.33 bits per heavy atom. The van der Waals surface area contributed by atoms with Crippen LogP contribution < -0.4 is 5.32 Å². The lowest BCUT2D eigenvalue weighted by molar-refractivity contribution is -0.136. The Morgan fingerprint density at radius 2 is 2.00 bits per heavy atom. The highest BCUT2D eigenvalue weighted by atomic mass is 79.9. The third-order valence-electron chi connectivity index (χ3n) is 3.21. The van der Waals surface area contributed by atoms with Gasteiger partial charge in [0.1, 0.15) is 5.92 Å². The summed E-state index contributed by atoms with van der Waals surface area (Å²) in [6, 6.07) is 5.68. The minimum atomic E-state index is -0.671. The van der Waals surface area contributed by atoms with Crippen molar-refractivity contribution in [3.63, 3.8) is 0 Å². The third kappa shape index (κ3) is 2.48. The molecule has 18 heavy (non-hydrogen) atoms. The first-order valence-electron chi connectivity index (χ1n) is 5.91. The maximum Gasteiger partial charge on any atom is 0.235 e. The Bertz CT molecular complexity index is 503. The van der Waals surface area contributed by atoms with E-state index in [1.807, 2.05) is 39.0 Å². The summed E-state index contributed by atoms with van der Waals surface area (Å²) in [5.41, 5.74) is 1.32. The van der Waals surface area contributed by atoms with E-state index in [9.17, 15) is 9.59 Å². The monoisotopic (exact) mass is 309 g/mol. The van der Waals surface area contributed by atoms with Gasteiger partial charge in [0, 0.05) is 16.4 Å². The number of halogens is 1. The molecule has 1 aromatic rings. The molecule has 1 fully saturated rings. The molecule has 4 heteroatoms. The summed E-state index contributed by atoms with van der Waals surface area (Å²) < 4.78 is 0.883. The first kappa shape index (κ1) is 13.3. The van der Waals surface area contributed by atoms with Crippen LogP contribution in [0.5, 0.6) is 0 Å². The van der Waals surface area contributed by atoms with Crippen LogP contribution in [0.2, 0.25) is 0 Å². The zero-order valence-corrected chi connectivity index (χ0v) is 12.3.